The number of fused-ring (bicyclic) bond motifs is 1. The van der Waals surface area contributed by atoms with Crippen LogP contribution < -0.4 is 10.6 Å². The highest BCUT2D eigenvalue weighted by Gasteiger charge is 2.30. The molecule has 1 aliphatic heterocycles. The van der Waals surface area contributed by atoms with Crippen molar-refractivity contribution < 1.29 is 28.3 Å². The summed E-state index contributed by atoms with van der Waals surface area (Å²) in [6.45, 7) is 3.18. The van der Waals surface area contributed by atoms with E-state index in [1.54, 1.807) is 19.9 Å². The molecule has 3 heterocycles. The number of rotatable bonds is 6. The number of aromatic nitrogens is 1. The topological polar surface area (TPSA) is 120 Å². The largest absolute Gasteiger partial charge is 0.463 e. The van der Waals surface area contributed by atoms with Gasteiger partial charge in [0.1, 0.15) is 6.61 Å². The Morgan fingerprint density at radius 1 is 1.16 bits per heavy atom. The third kappa shape index (κ3) is 4.29. The van der Waals surface area contributed by atoms with Gasteiger partial charge in [-0.05, 0) is 38.1 Å². The Balaban J connectivity index is 1.49. The van der Waals surface area contributed by atoms with Crippen LogP contribution in [0.4, 0.5) is 4.79 Å². The predicted molar refractivity (Wildman–Crippen MR) is 112 cm³/mol. The zero-order chi connectivity index (χ0) is 22.0. The normalized spacial score (nSPS) is 16.1. The number of ether oxygens (including phenoxy) is 2. The number of thiazole rings is 1. The Hall–Kier alpha value is -3.66. The van der Waals surface area contributed by atoms with E-state index in [0.29, 0.717) is 10.8 Å². The highest BCUT2D eigenvalue weighted by molar-refractivity contribution is 7.21. The molecule has 10 heteroatoms. The summed E-state index contributed by atoms with van der Waals surface area (Å²) < 4.78 is 16.9. The van der Waals surface area contributed by atoms with E-state index in [4.69, 9.17) is 13.9 Å². The second-order valence-electron chi connectivity index (χ2n) is 6.66. The molecule has 1 aromatic carbocycles. The number of amides is 2. The van der Waals surface area contributed by atoms with Crippen LogP contribution in [0.25, 0.3) is 21.0 Å². The molecule has 1 unspecified atom stereocenters. The number of carbonyl (C=O) groups is 3. The van der Waals surface area contributed by atoms with Gasteiger partial charge in [0.05, 0.1) is 34.1 Å². The number of urea groups is 1. The van der Waals surface area contributed by atoms with Crippen molar-refractivity contribution in [3.05, 3.63) is 53.4 Å². The van der Waals surface area contributed by atoms with Crippen molar-refractivity contribution in [3.8, 4) is 10.8 Å². The molecular weight excluding hydrogens is 422 g/mol. The second kappa shape index (κ2) is 8.60. The van der Waals surface area contributed by atoms with Gasteiger partial charge in [0.25, 0.3) is 0 Å². The van der Waals surface area contributed by atoms with Crippen molar-refractivity contribution in [2.75, 3.05) is 13.2 Å². The molecule has 2 N–H and O–H groups in total. The summed E-state index contributed by atoms with van der Waals surface area (Å²) in [5.74, 6) is -0.891. The summed E-state index contributed by atoms with van der Waals surface area (Å²) in [6.07, 6.45) is 0. The average Bonchev–Trinajstić information content (AvgIpc) is 3.38. The van der Waals surface area contributed by atoms with Crippen LogP contribution >= 0.6 is 11.3 Å². The van der Waals surface area contributed by atoms with Gasteiger partial charge in [-0.25, -0.2) is 19.4 Å². The van der Waals surface area contributed by atoms with Gasteiger partial charge >= 0.3 is 18.0 Å². The van der Waals surface area contributed by atoms with E-state index in [9.17, 15) is 14.4 Å². The molecule has 3 aromatic rings. The maximum atomic E-state index is 12.5. The molecule has 0 spiro atoms. The molecule has 0 aliphatic carbocycles. The predicted octanol–water partition coefficient (Wildman–Crippen LogP) is 3.23. The van der Waals surface area contributed by atoms with E-state index in [1.807, 2.05) is 24.3 Å². The van der Waals surface area contributed by atoms with Crippen molar-refractivity contribution in [2.24, 2.45) is 0 Å². The summed E-state index contributed by atoms with van der Waals surface area (Å²) in [6, 6.07) is 9.73. The number of benzene rings is 1. The average molecular weight is 441 g/mol. The minimum absolute atomic E-state index is 0.0131. The number of esters is 2. The van der Waals surface area contributed by atoms with Gasteiger partial charge in [0, 0.05) is 0 Å². The maximum Gasteiger partial charge on any atom is 0.374 e. The Kier molecular flexibility index (Phi) is 5.72. The van der Waals surface area contributed by atoms with Gasteiger partial charge in [-0.3, -0.25) is 0 Å². The molecule has 0 fully saturated rings. The van der Waals surface area contributed by atoms with Crippen LogP contribution in [0.5, 0.6) is 0 Å². The van der Waals surface area contributed by atoms with Gasteiger partial charge in [-0.15, -0.1) is 11.3 Å². The van der Waals surface area contributed by atoms with Gasteiger partial charge in [0.15, 0.2) is 10.8 Å². The number of hydrogen-bond acceptors (Lipinski definition) is 8. The van der Waals surface area contributed by atoms with Crippen LogP contribution in [0.3, 0.4) is 0 Å². The molecule has 160 valence electrons. The van der Waals surface area contributed by atoms with E-state index in [0.717, 1.165) is 10.2 Å². The number of furan rings is 1. The molecular formula is C21H19N3O6S. The zero-order valence-corrected chi connectivity index (χ0v) is 17.6. The molecule has 9 nitrogen and oxygen atoms in total. The second-order valence-corrected chi connectivity index (χ2v) is 7.69. The Morgan fingerprint density at radius 2 is 1.97 bits per heavy atom. The third-order valence-corrected chi connectivity index (χ3v) is 5.58. The van der Waals surface area contributed by atoms with Gasteiger partial charge in [-0.2, -0.15) is 0 Å². The van der Waals surface area contributed by atoms with Crippen molar-refractivity contribution in [1.29, 1.82) is 0 Å². The summed E-state index contributed by atoms with van der Waals surface area (Å²) >= 11 is 1.45. The minimum atomic E-state index is -0.733. The van der Waals surface area contributed by atoms with Crippen molar-refractivity contribution >= 4 is 39.5 Å². The van der Waals surface area contributed by atoms with Gasteiger partial charge < -0.3 is 24.5 Å². The van der Waals surface area contributed by atoms with E-state index >= 15 is 0 Å². The first-order chi connectivity index (χ1) is 15.0. The smallest absolute Gasteiger partial charge is 0.374 e. The number of carbonyl (C=O) groups excluding carboxylic acids is 3. The molecule has 0 bridgehead atoms. The third-order valence-electron chi connectivity index (χ3n) is 4.52. The summed E-state index contributed by atoms with van der Waals surface area (Å²) in [5.41, 5.74) is 1.21. The molecule has 4 rings (SSSR count). The highest BCUT2D eigenvalue weighted by atomic mass is 32.1. The summed E-state index contributed by atoms with van der Waals surface area (Å²) in [5, 5.41) is 5.72. The first-order valence-corrected chi connectivity index (χ1v) is 10.4. The van der Waals surface area contributed by atoms with Crippen molar-refractivity contribution in [2.45, 2.75) is 19.9 Å². The molecule has 1 aliphatic rings. The van der Waals surface area contributed by atoms with Crippen molar-refractivity contribution in [1.82, 2.24) is 15.6 Å². The molecule has 0 saturated carbocycles. The van der Waals surface area contributed by atoms with E-state index in [1.165, 1.54) is 17.4 Å². The molecule has 1 atom stereocenters. The monoisotopic (exact) mass is 441 g/mol. The van der Waals surface area contributed by atoms with E-state index in [2.05, 4.69) is 15.6 Å². The number of para-hydroxylation sites is 1. The molecule has 31 heavy (non-hydrogen) atoms. The van der Waals surface area contributed by atoms with Crippen LogP contribution in [-0.4, -0.2) is 42.2 Å². The standard InChI is InChI=1S/C21H19N3O6S/c1-3-28-20(26)17-11(2)22-21(27)24-13(17)10-29-19(25)15-9-8-14(30-15)18-23-12-6-4-5-7-16(12)31-18/h4-9,11H,3,10H2,1-2H3,(H2,22,24,27). The van der Waals surface area contributed by atoms with Crippen LogP contribution in [0.2, 0.25) is 0 Å². The summed E-state index contributed by atoms with van der Waals surface area (Å²) in [4.78, 5) is 41.0. The molecule has 2 aromatic heterocycles. The van der Waals surface area contributed by atoms with E-state index in [-0.39, 0.29) is 30.2 Å². The molecule has 0 radical (unpaired) electrons. The Morgan fingerprint density at radius 3 is 2.74 bits per heavy atom. The van der Waals surface area contributed by atoms with Crippen LogP contribution in [-0.2, 0) is 14.3 Å². The van der Waals surface area contributed by atoms with Gasteiger partial charge in [-0.1, -0.05) is 12.1 Å². The lowest BCUT2D eigenvalue weighted by molar-refractivity contribution is -0.139. The lowest BCUT2D eigenvalue weighted by Crippen LogP contribution is -2.50. The molecule has 2 amide bonds. The Bertz CT molecular complexity index is 1160. The van der Waals surface area contributed by atoms with Crippen LogP contribution in [0, 0.1) is 0 Å². The van der Waals surface area contributed by atoms with Gasteiger partial charge in [0.2, 0.25) is 5.76 Å². The first kappa shape index (κ1) is 20.6. The number of nitrogens with zero attached hydrogens (tertiary/aromatic N) is 1. The fourth-order valence-electron chi connectivity index (χ4n) is 3.14. The lowest BCUT2D eigenvalue weighted by atomic mass is 10.0. The lowest BCUT2D eigenvalue weighted by Gasteiger charge is -2.26. The minimum Gasteiger partial charge on any atom is -0.463 e. The fourth-order valence-corrected chi connectivity index (χ4v) is 4.07. The SMILES string of the molecule is CCOC(=O)C1=C(COC(=O)c2ccc(-c3nc4ccccc4s3)o2)NC(=O)NC1C. The van der Waals surface area contributed by atoms with Crippen LogP contribution in [0.1, 0.15) is 24.4 Å². The van der Waals surface area contributed by atoms with Crippen molar-refractivity contribution in [3.63, 3.8) is 0 Å². The fraction of sp³-hybridized carbons (Fsp3) is 0.238. The first-order valence-electron chi connectivity index (χ1n) is 9.57. The maximum absolute atomic E-state index is 12.5. The van der Waals surface area contributed by atoms with E-state index < -0.39 is 24.0 Å². The zero-order valence-electron chi connectivity index (χ0n) is 16.8. The van der Waals surface area contributed by atoms with Crippen LogP contribution in [0.15, 0.2) is 52.1 Å². The quantitative estimate of drug-likeness (QED) is 0.564. The Labute approximate surface area is 181 Å². The number of hydrogen-bond donors (Lipinski definition) is 2. The highest BCUT2D eigenvalue weighted by Crippen LogP contribution is 2.31. The summed E-state index contributed by atoms with van der Waals surface area (Å²) in [7, 11) is 0. The number of nitrogens with one attached hydrogen (secondary N) is 2. The molecule has 0 saturated heterocycles.